The van der Waals surface area contributed by atoms with Crippen molar-refractivity contribution in [2.75, 3.05) is 13.2 Å². The molecule has 0 aliphatic heterocycles. The van der Waals surface area contributed by atoms with Crippen LogP contribution in [0.2, 0.25) is 0 Å². The van der Waals surface area contributed by atoms with Crippen LogP contribution < -0.4 is 15.0 Å². The van der Waals surface area contributed by atoms with Crippen molar-refractivity contribution in [2.45, 2.75) is 20.3 Å². The molecule has 3 aromatic rings. The molecule has 26 heavy (non-hydrogen) atoms. The second kappa shape index (κ2) is 8.22. The Balaban J connectivity index is 2.20. The lowest BCUT2D eigenvalue weighted by atomic mass is 10.1. The molecule has 0 atom stereocenters. The SMILES string of the molecule is CCCOc1c(OCC)cc(-c2nc3ccccc3c(=O)[nH]2)c(Br)c1Br. The van der Waals surface area contributed by atoms with Gasteiger partial charge in [0.25, 0.3) is 5.56 Å². The third-order valence-electron chi connectivity index (χ3n) is 3.75. The van der Waals surface area contributed by atoms with Gasteiger partial charge in [0.1, 0.15) is 5.82 Å². The number of para-hydroxylation sites is 1. The zero-order valence-electron chi connectivity index (χ0n) is 14.4. The van der Waals surface area contributed by atoms with Crippen molar-refractivity contribution in [2.24, 2.45) is 0 Å². The Labute approximate surface area is 168 Å². The van der Waals surface area contributed by atoms with Gasteiger partial charge in [0.05, 0.1) is 28.6 Å². The Hall–Kier alpha value is -1.86. The van der Waals surface area contributed by atoms with Gasteiger partial charge < -0.3 is 14.5 Å². The molecule has 1 heterocycles. The van der Waals surface area contributed by atoms with Crippen molar-refractivity contribution in [1.82, 2.24) is 9.97 Å². The standard InChI is InChI=1S/C19H18Br2N2O3/c1-3-9-26-17-14(25-4-2)10-12(15(20)16(17)21)18-22-13-8-6-5-7-11(13)19(24)23-18/h5-8,10H,3-4,9H2,1-2H3,(H,22,23,24). The number of benzene rings is 2. The summed E-state index contributed by atoms with van der Waals surface area (Å²) in [5.41, 5.74) is 1.17. The van der Waals surface area contributed by atoms with Gasteiger partial charge >= 0.3 is 0 Å². The van der Waals surface area contributed by atoms with Crippen molar-refractivity contribution in [1.29, 1.82) is 0 Å². The highest BCUT2D eigenvalue weighted by molar-refractivity contribution is 9.13. The maximum absolute atomic E-state index is 12.4. The van der Waals surface area contributed by atoms with Crippen molar-refractivity contribution in [3.05, 3.63) is 49.6 Å². The van der Waals surface area contributed by atoms with Crippen molar-refractivity contribution in [3.63, 3.8) is 0 Å². The molecule has 3 rings (SSSR count). The van der Waals surface area contributed by atoms with Gasteiger partial charge in [0.2, 0.25) is 0 Å². The molecule has 0 spiro atoms. The Morgan fingerprint density at radius 3 is 2.62 bits per heavy atom. The maximum Gasteiger partial charge on any atom is 0.259 e. The van der Waals surface area contributed by atoms with E-state index in [-0.39, 0.29) is 5.56 Å². The summed E-state index contributed by atoms with van der Waals surface area (Å²) in [4.78, 5) is 19.9. The van der Waals surface area contributed by atoms with Crippen LogP contribution in [0.25, 0.3) is 22.3 Å². The highest BCUT2D eigenvalue weighted by Crippen LogP contribution is 2.45. The van der Waals surface area contributed by atoms with E-state index in [1.54, 1.807) is 6.07 Å². The van der Waals surface area contributed by atoms with E-state index in [1.807, 2.05) is 38.1 Å². The normalized spacial score (nSPS) is 10.9. The zero-order chi connectivity index (χ0) is 18.7. The summed E-state index contributed by atoms with van der Waals surface area (Å²) >= 11 is 7.17. The first-order valence-electron chi connectivity index (χ1n) is 8.33. The molecule has 0 unspecified atom stereocenters. The first-order chi connectivity index (χ1) is 12.6. The number of aromatic nitrogens is 2. The lowest BCUT2D eigenvalue weighted by Crippen LogP contribution is -2.10. The minimum Gasteiger partial charge on any atom is -0.490 e. The molecule has 0 radical (unpaired) electrons. The van der Waals surface area contributed by atoms with Gasteiger partial charge in [-0.1, -0.05) is 19.1 Å². The molecule has 5 nitrogen and oxygen atoms in total. The molecule has 1 aromatic heterocycles. The molecule has 0 saturated carbocycles. The fourth-order valence-corrected chi connectivity index (χ4v) is 3.58. The summed E-state index contributed by atoms with van der Waals surface area (Å²) in [6, 6.07) is 9.08. The van der Waals surface area contributed by atoms with Gasteiger partial charge in [-0.05, 0) is 63.4 Å². The second-order valence-corrected chi connectivity index (χ2v) is 7.18. The minimum atomic E-state index is -0.183. The smallest absolute Gasteiger partial charge is 0.259 e. The molecule has 0 fully saturated rings. The Morgan fingerprint density at radius 2 is 1.88 bits per heavy atom. The number of rotatable bonds is 6. The van der Waals surface area contributed by atoms with Crippen LogP contribution in [-0.4, -0.2) is 23.2 Å². The highest BCUT2D eigenvalue weighted by atomic mass is 79.9. The molecule has 2 aromatic carbocycles. The van der Waals surface area contributed by atoms with Crippen LogP contribution in [0.4, 0.5) is 0 Å². The van der Waals surface area contributed by atoms with Gasteiger partial charge in [-0.2, -0.15) is 0 Å². The quantitative estimate of drug-likeness (QED) is 0.518. The summed E-state index contributed by atoms with van der Waals surface area (Å²) in [6.07, 6.45) is 0.886. The lowest BCUT2D eigenvalue weighted by Gasteiger charge is -2.17. The van der Waals surface area contributed by atoms with Crippen LogP contribution in [0.1, 0.15) is 20.3 Å². The zero-order valence-corrected chi connectivity index (χ0v) is 17.6. The monoisotopic (exact) mass is 480 g/mol. The molecule has 0 amide bonds. The summed E-state index contributed by atoms with van der Waals surface area (Å²) < 4.78 is 13.1. The third kappa shape index (κ3) is 3.64. The van der Waals surface area contributed by atoms with Crippen LogP contribution in [-0.2, 0) is 0 Å². The van der Waals surface area contributed by atoms with Gasteiger partial charge in [-0.15, -0.1) is 0 Å². The van der Waals surface area contributed by atoms with Gasteiger partial charge in [-0.3, -0.25) is 4.79 Å². The molecular formula is C19H18Br2N2O3. The van der Waals surface area contributed by atoms with Crippen LogP contribution >= 0.6 is 31.9 Å². The molecule has 1 N–H and O–H groups in total. The van der Waals surface area contributed by atoms with Crippen LogP contribution in [0.5, 0.6) is 11.5 Å². The van der Waals surface area contributed by atoms with Crippen molar-refractivity contribution >= 4 is 42.8 Å². The van der Waals surface area contributed by atoms with Gasteiger partial charge in [0, 0.05) is 10.0 Å². The van der Waals surface area contributed by atoms with E-state index in [0.29, 0.717) is 47.0 Å². The minimum absolute atomic E-state index is 0.183. The first-order valence-corrected chi connectivity index (χ1v) is 9.92. The summed E-state index contributed by atoms with van der Waals surface area (Å²) in [6.45, 7) is 5.03. The summed E-state index contributed by atoms with van der Waals surface area (Å²) in [5.74, 6) is 1.69. The number of hydrogen-bond donors (Lipinski definition) is 1. The maximum atomic E-state index is 12.4. The average molecular weight is 482 g/mol. The Bertz CT molecular complexity index is 1000. The predicted octanol–water partition coefficient (Wildman–Crippen LogP) is 5.30. The van der Waals surface area contributed by atoms with Crippen LogP contribution in [0, 0.1) is 0 Å². The fourth-order valence-electron chi connectivity index (χ4n) is 2.57. The number of nitrogens with zero attached hydrogens (tertiary/aromatic N) is 1. The molecule has 0 saturated heterocycles. The van der Waals surface area contributed by atoms with E-state index in [1.165, 1.54) is 0 Å². The number of nitrogens with one attached hydrogen (secondary N) is 1. The van der Waals surface area contributed by atoms with Crippen LogP contribution in [0.15, 0.2) is 44.1 Å². The number of hydrogen-bond acceptors (Lipinski definition) is 4. The van der Waals surface area contributed by atoms with E-state index < -0.39 is 0 Å². The lowest BCUT2D eigenvalue weighted by molar-refractivity contribution is 0.275. The highest BCUT2D eigenvalue weighted by Gasteiger charge is 2.20. The van der Waals surface area contributed by atoms with Crippen LogP contribution in [0.3, 0.4) is 0 Å². The summed E-state index contributed by atoms with van der Waals surface area (Å²) in [5, 5.41) is 0.555. The van der Waals surface area contributed by atoms with Gasteiger partial charge in [-0.25, -0.2) is 4.98 Å². The second-order valence-electron chi connectivity index (χ2n) is 5.59. The largest absolute Gasteiger partial charge is 0.490 e. The number of fused-ring (bicyclic) bond motifs is 1. The fraction of sp³-hybridized carbons (Fsp3) is 0.263. The first kappa shape index (κ1) is 18.9. The Kier molecular flexibility index (Phi) is 5.98. The number of aromatic amines is 1. The van der Waals surface area contributed by atoms with E-state index in [0.717, 1.165) is 15.4 Å². The summed E-state index contributed by atoms with van der Waals surface area (Å²) in [7, 11) is 0. The number of ether oxygens (including phenoxy) is 2. The topological polar surface area (TPSA) is 64.2 Å². The predicted molar refractivity (Wildman–Crippen MR) is 110 cm³/mol. The molecule has 0 bridgehead atoms. The number of halogens is 2. The van der Waals surface area contributed by atoms with E-state index in [4.69, 9.17) is 9.47 Å². The van der Waals surface area contributed by atoms with E-state index in [9.17, 15) is 4.79 Å². The van der Waals surface area contributed by atoms with Crippen molar-refractivity contribution < 1.29 is 9.47 Å². The number of H-pyrrole nitrogens is 1. The molecule has 0 aliphatic rings. The third-order valence-corrected chi connectivity index (χ3v) is 5.86. The van der Waals surface area contributed by atoms with Gasteiger partial charge in [0.15, 0.2) is 11.5 Å². The van der Waals surface area contributed by atoms with E-state index >= 15 is 0 Å². The molecular weight excluding hydrogens is 464 g/mol. The van der Waals surface area contributed by atoms with Crippen molar-refractivity contribution in [3.8, 4) is 22.9 Å². The molecule has 0 aliphatic carbocycles. The van der Waals surface area contributed by atoms with E-state index in [2.05, 4.69) is 41.8 Å². The molecule has 7 heteroatoms. The Morgan fingerprint density at radius 1 is 1.12 bits per heavy atom. The average Bonchev–Trinajstić information content (AvgIpc) is 2.64. The molecule has 136 valence electrons.